The van der Waals surface area contributed by atoms with E-state index in [4.69, 9.17) is 5.73 Å². The van der Waals surface area contributed by atoms with Crippen molar-refractivity contribution in [1.82, 2.24) is 0 Å². The van der Waals surface area contributed by atoms with Crippen LogP contribution in [0, 0.1) is 0 Å². The van der Waals surface area contributed by atoms with E-state index in [1.807, 2.05) is 11.3 Å². The van der Waals surface area contributed by atoms with Crippen LogP contribution in [0.2, 0.25) is 0 Å². The molecule has 0 saturated carbocycles. The maximum atomic E-state index is 7.20. The minimum atomic E-state index is 0.802. The molecule has 5 heteroatoms. The first-order valence-electron chi connectivity index (χ1n) is 21.8. The number of benzene rings is 9. The van der Waals surface area contributed by atoms with Gasteiger partial charge in [-0.2, -0.15) is 0 Å². The Morgan fingerprint density at radius 2 is 1.16 bits per heavy atom. The summed E-state index contributed by atoms with van der Waals surface area (Å²) in [5.41, 5.74) is 25.7. The highest BCUT2D eigenvalue weighted by Gasteiger charge is 2.34. The maximum Gasteiger partial charge on any atom is 0.142 e. The molecule has 2 N–H and O–H groups in total. The SMILES string of the molecule is Bc1c2cc3sc4ccccc4c3c1N(c1ccccc1-c1ccccc1)c1ccc(N(c3ccccc3)c3ccccc3)cc1C1=C(c3cc4ccccc4cc3N)CCC=C12. The van der Waals surface area contributed by atoms with Crippen LogP contribution in [0.1, 0.15) is 29.5 Å². The van der Waals surface area contributed by atoms with Crippen molar-refractivity contribution in [2.24, 2.45) is 0 Å². The van der Waals surface area contributed by atoms with Gasteiger partial charge in [0.15, 0.2) is 0 Å². The van der Waals surface area contributed by atoms with E-state index in [0.717, 1.165) is 57.9 Å². The minimum absolute atomic E-state index is 0.802. The number of nitrogens with zero attached hydrogens (tertiary/aromatic N) is 2. The van der Waals surface area contributed by atoms with Gasteiger partial charge in [0.1, 0.15) is 7.85 Å². The van der Waals surface area contributed by atoms with Crippen molar-refractivity contribution in [1.29, 1.82) is 0 Å². The van der Waals surface area contributed by atoms with Gasteiger partial charge < -0.3 is 15.5 Å². The number of nitrogens with two attached hydrogens (primary N) is 1. The van der Waals surface area contributed by atoms with E-state index in [2.05, 4.69) is 224 Å². The van der Waals surface area contributed by atoms with Gasteiger partial charge in [0, 0.05) is 65.3 Å². The Bertz CT molecular complexity index is 3440. The van der Waals surface area contributed by atoms with Crippen molar-refractivity contribution >= 4 is 112 Å². The average molecular weight is 824 g/mol. The highest BCUT2D eigenvalue weighted by atomic mass is 32.1. The molecular formula is C58H42BN3S. The number of hydrogen-bond acceptors (Lipinski definition) is 4. The number of thiophene rings is 1. The van der Waals surface area contributed by atoms with Gasteiger partial charge in [-0.05, 0) is 124 Å². The molecule has 298 valence electrons. The highest BCUT2D eigenvalue weighted by molar-refractivity contribution is 7.26. The van der Waals surface area contributed by atoms with Gasteiger partial charge in [-0.15, -0.1) is 11.3 Å². The van der Waals surface area contributed by atoms with E-state index >= 15 is 0 Å². The Morgan fingerprint density at radius 1 is 0.524 bits per heavy atom. The Labute approximate surface area is 372 Å². The van der Waals surface area contributed by atoms with Crippen molar-refractivity contribution in [3.8, 4) is 11.1 Å². The number of allylic oxidation sites excluding steroid dienone is 4. The third-order valence-corrected chi connectivity index (χ3v) is 14.1. The fourth-order valence-electron chi connectivity index (χ4n) is 10.2. The average Bonchev–Trinajstić information content (AvgIpc) is 3.71. The first-order chi connectivity index (χ1) is 31.1. The first-order valence-corrected chi connectivity index (χ1v) is 22.6. The normalized spacial score (nSPS) is 13.4. The van der Waals surface area contributed by atoms with Crippen molar-refractivity contribution in [3.63, 3.8) is 0 Å². The lowest BCUT2D eigenvalue weighted by molar-refractivity contribution is 1.06. The lowest BCUT2D eigenvalue weighted by Gasteiger charge is -2.38. The lowest BCUT2D eigenvalue weighted by Crippen LogP contribution is -2.26. The van der Waals surface area contributed by atoms with Crippen molar-refractivity contribution in [2.45, 2.75) is 12.8 Å². The second-order valence-electron chi connectivity index (χ2n) is 16.6. The zero-order valence-electron chi connectivity index (χ0n) is 34.9. The van der Waals surface area contributed by atoms with Crippen LogP contribution in [-0.4, -0.2) is 7.85 Å². The van der Waals surface area contributed by atoms with E-state index in [-0.39, 0.29) is 0 Å². The van der Waals surface area contributed by atoms with Gasteiger partial charge in [0.05, 0.1) is 11.4 Å². The maximum absolute atomic E-state index is 7.20. The molecule has 3 nitrogen and oxygen atoms in total. The summed E-state index contributed by atoms with van der Waals surface area (Å²) < 4.78 is 2.57. The monoisotopic (exact) mass is 823 g/mol. The Kier molecular flexibility index (Phi) is 8.91. The third kappa shape index (κ3) is 6.11. The van der Waals surface area contributed by atoms with Crippen LogP contribution in [0.25, 0.3) is 58.8 Å². The van der Waals surface area contributed by atoms with E-state index < -0.39 is 0 Å². The van der Waals surface area contributed by atoms with Crippen molar-refractivity contribution in [2.75, 3.05) is 15.5 Å². The predicted molar refractivity (Wildman–Crippen MR) is 275 cm³/mol. The molecule has 2 heterocycles. The second-order valence-corrected chi connectivity index (χ2v) is 17.7. The van der Waals surface area contributed by atoms with E-state index in [1.54, 1.807) is 0 Å². The molecule has 0 fully saturated rings. The summed E-state index contributed by atoms with van der Waals surface area (Å²) in [7, 11) is 2.34. The van der Waals surface area contributed by atoms with Crippen LogP contribution >= 0.6 is 11.3 Å². The molecule has 1 aliphatic carbocycles. The molecule has 2 aliphatic rings. The van der Waals surface area contributed by atoms with Crippen LogP contribution in [0.15, 0.2) is 206 Å². The lowest BCUT2D eigenvalue weighted by atomic mass is 9.73. The summed E-state index contributed by atoms with van der Waals surface area (Å²) in [6, 6.07) is 72.9. The molecule has 0 atom stereocenters. The molecule has 1 aromatic heterocycles. The molecule has 2 bridgehead atoms. The van der Waals surface area contributed by atoms with Gasteiger partial charge in [0.2, 0.25) is 0 Å². The number of rotatable bonds is 6. The quantitative estimate of drug-likeness (QED) is 0.134. The molecule has 0 radical (unpaired) electrons. The molecule has 0 amide bonds. The molecule has 1 aliphatic heterocycles. The summed E-state index contributed by atoms with van der Waals surface area (Å²) in [6.07, 6.45) is 4.27. The van der Waals surface area contributed by atoms with Gasteiger partial charge in [-0.25, -0.2) is 0 Å². The zero-order valence-corrected chi connectivity index (χ0v) is 35.7. The van der Waals surface area contributed by atoms with E-state index in [0.29, 0.717) is 0 Å². The van der Waals surface area contributed by atoms with Crippen LogP contribution < -0.4 is 21.0 Å². The zero-order chi connectivity index (χ0) is 42.0. The highest BCUT2D eigenvalue weighted by Crippen LogP contribution is 2.56. The molecule has 63 heavy (non-hydrogen) atoms. The van der Waals surface area contributed by atoms with Crippen molar-refractivity contribution < 1.29 is 0 Å². The number of fused-ring (bicyclic) bond motifs is 11. The molecule has 12 rings (SSSR count). The fraction of sp³-hybridized carbons (Fsp3) is 0.0345. The summed E-state index contributed by atoms with van der Waals surface area (Å²) in [5.74, 6) is 0. The smallest absolute Gasteiger partial charge is 0.142 e. The van der Waals surface area contributed by atoms with Gasteiger partial charge in [-0.3, -0.25) is 0 Å². The van der Waals surface area contributed by atoms with Crippen LogP contribution in [0.4, 0.5) is 39.8 Å². The van der Waals surface area contributed by atoms with E-state index in [1.165, 1.54) is 75.7 Å². The molecule has 0 spiro atoms. The second kappa shape index (κ2) is 15.1. The molecule has 10 aromatic rings. The molecular weight excluding hydrogens is 782 g/mol. The summed E-state index contributed by atoms with van der Waals surface area (Å²) in [6.45, 7) is 0. The largest absolute Gasteiger partial charge is 0.398 e. The minimum Gasteiger partial charge on any atom is -0.398 e. The number of anilines is 7. The van der Waals surface area contributed by atoms with Crippen molar-refractivity contribution in [3.05, 3.63) is 223 Å². The Balaban J connectivity index is 1.26. The van der Waals surface area contributed by atoms with E-state index in [9.17, 15) is 0 Å². The predicted octanol–water partition coefficient (Wildman–Crippen LogP) is 14.8. The number of hydrogen-bond donors (Lipinski definition) is 1. The van der Waals surface area contributed by atoms with Crippen LogP contribution in [0.3, 0.4) is 0 Å². The van der Waals surface area contributed by atoms with Gasteiger partial charge in [0.25, 0.3) is 0 Å². The number of para-hydroxylation sites is 3. The Morgan fingerprint density at radius 3 is 1.92 bits per heavy atom. The molecule has 9 aromatic carbocycles. The van der Waals surface area contributed by atoms with Crippen LogP contribution in [0.5, 0.6) is 0 Å². The summed E-state index contributed by atoms with van der Waals surface area (Å²) >= 11 is 1.89. The molecule has 0 unspecified atom stereocenters. The molecule has 0 saturated heterocycles. The Hall–Kier alpha value is -7.60. The van der Waals surface area contributed by atoms with Gasteiger partial charge in [-0.1, -0.05) is 139 Å². The summed E-state index contributed by atoms with van der Waals surface area (Å²) in [5, 5.41) is 4.90. The standard InChI is InChI=1S/C58H42BN3S/c59-57-48-36-54-56(46-26-13-15-30-53(46)63-54)58(57)62(51-29-14-12-25-43(51)37-17-4-1-5-18-37)52-32-31-42(61(40-21-6-2-7-22-40)41-23-8-3-9-24-41)35-49(52)55-44(27-16-28-45(48)55)47-33-38-19-10-11-20-39(38)34-50(47)60/h1-15,17-26,28-36H,16,27,59-60H2. The summed E-state index contributed by atoms with van der Waals surface area (Å²) in [4.78, 5) is 4.98. The fourth-order valence-corrected chi connectivity index (χ4v) is 11.3. The topological polar surface area (TPSA) is 32.5 Å². The third-order valence-electron chi connectivity index (χ3n) is 13.0. The number of nitrogen functional groups attached to an aromatic ring is 1. The first kappa shape index (κ1) is 37.2. The van der Waals surface area contributed by atoms with Crippen LogP contribution in [-0.2, 0) is 0 Å². The van der Waals surface area contributed by atoms with Gasteiger partial charge >= 0.3 is 0 Å².